The molecule has 0 spiro atoms. The first-order valence-corrected chi connectivity index (χ1v) is 6.37. The maximum Gasteiger partial charge on any atom is 0.106 e. The Labute approximate surface area is 100.0 Å². The lowest BCUT2D eigenvalue weighted by molar-refractivity contribution is -0.0159. The lowest BCUT2D eigenvalue weighted by Crippen LogP contribution is -2.42. The van der Waals surface area contributed by atoms with Gasteiger partial charge in [0.15, 0.2) is 0 Å². The molecule has 0 radical (unpaired) electrons. The van der Waals surface area contributed by atoms with Gasteiger partial charge in [-0.3, -0.25) is 0 Å². The number of nitrogens with zero attached hydrogens (tertiary/aromatic N) is 1. The summed E-state index contributed by atoms with van der Waals surface area (Å²) in [6.07, 6.45) is 0.965. The van der Waals surface area contributed by atoms with Crippen LogP contribution in [0.2, 0.25) is 0 Å². The van der Waals surface area contributed by atoms with Gasteiger partial charge in [0.1, 0.15) is 5.60 Å². The highest BCUT2D eigenvalue weighted by atomic mass is 32.1. The summed E-state index contributed by atoms with van der Waals surface area (Å²) in [5.74, 6) is 0. The second-order valence-corrected chi connectivity index (χ2v) is 5.21. The first-order valence-electron chi connectivity index (χ1n) is 5.49. The van der Waals surface area contributed by atoms with Gasteiger partial charge in [-0.1, -0.05) is 0 Å². The molecule has 2 rings (SSSR count). The fraction of sp³-hybridized carbons (Fsp3) is 0.727. The smallest absolute Gasteiger partial charge is 0.106 e. The van der Waals surface area contributed by atoms with E-state index in [9.17, 15) is 0 Å². The van der Waals surface area contributed by atoms with Crippen molar-refractivity contribution in [3.63, 3.8) is 0 Å². The van der Waals surface area contributed by atoms with Crippen LogP contribution in [0, 0.1) is 6.92 Å². The van der Waals surface area contributed by atoms with Crippen LogP contribution in [0.1, 0.15) is 17.1 Å². The molecule has 1 N–H and O–H groups in total. The second kappa shape index (κ2) is 5.23. The molecule has 90 valence electrons. The van der Waals surface area contributed by atoms with Crippen molar-refractivity contribution in [2.45, 2.75) is 25.5 Å². The average molecular weight is 242 g/mol. The van der Waals surface area contributed by atoms with Gasteiger partial charge in [0.05, 0.1) is 17.3 Å². The minimum absolute atomic E-state index is 0.134. The second-order valence-electron chi connectivity index (χ2n) is 4.15. The van der Waals surface area contributed by atoms with Gasteiger partial charge in [0, 0.05) is 38.6 Å². The molecular formula is C11H18N2O2S. The van der Waals surface area contributed by atoms with Crippen molar-refractivity contribution in [1.29, 1.82) is 0 Å². The lowest BCUT2D eigenvalue weighted by Gasteiger charge is -2.25. The van der Waals surface area contributed by atoms with Crippen LogP contribution >= 0.6 is 11.3 Å². The predicted octanol–water partition coefficient (Wildman–Crippen LogP) is 1.35. The van der Waals surface area contributed by atoms with Gasteiger partial charge < -0.3 is 14.8 Å². The Balaban J connectivity index is 1.78. The van der Waals surface area contributed by atoms with Gasteiger partial charge in [-0.05, 0) is 6.92 Å². The van der Waals surface area contributed by atoms with Gasteiger partial charge >= 0.3 is 0 Å². The Kier molecular flexibility index (Phi) is 3.91. The SMILES string of the molecule is COC1(CNCc2csc(C)n2)CCOC1. The Hall–Kier alpha value is -0.490. The van der Waals surface area contributed by atoms with Gasteiger partial charge in [-0.25, -0.2) is 4.98 Å². The summed E-state index contributed by atoms with van der Waals surface area (Å²) in [6, 6.07) is 0. The monoisotopic (exact) mass is 242 g/mol. The molecule has 2 heterocycles. The summed E-state index contributed by atoms with van der Waals surface area (Å²) in [7, 11) is 1.75. The zero-order valence-electron chi connectivity index (χ0n) is 9.78. The summed E-state index contributed by atoms with van der Waals surface area (Å²) >= 11 is 1.68. The molecule has 1 saturated heterocycles. The Morgan fingerprint density at radius 3 is 3.12 bits per heavy atom. The van der Waals surface area contributed by atoms with E-state index in [1.807, 2.05) is 6.92 Å². The van der Waals surface area contributed by atoms with Crippen molar-refractivity contribution in [2.24, 2.45) is 0 Å². The third-order valence-corrected chi connectivity index (χ3v) is 3.74. The van der Waals surface area contributed by atoms with Crippen LogP contribution in [0.15, 0.2) is 5.38 Å². The highest BCUT2D eigenvalue weighted by Crippen LogP contribution is 2.21. The zero-order chi connectivity index (χ0) is 11.4. The average Bonchev–Trinajstić information content (AvgIpc) is 2.89. The van der Waals surface area contributed by atoms with Gasteiger partial charge in [0.25, 0.3) is 0 Å². The summed E-state index contributed by atoms with van der Waals surface area (Å²) in [4.78, 5) is 4.41. The van der Waals surface area contributed by atoms with E-state index >= 15 is 0 Å². The van der Waals surface area contributed by atoms with Crippen molar-refractivity contribution in [2.75, 3.05) is 26.9 Å². The lowest BCUT2D eigenvalue weighted by atomic mass is 10.0. The molecule has 1 atom stereocenters. The van der Waals surface area contributed by atoms with E-state index in [4.69, 9.17) is 9.47 Å². The van der Waals surface area contributed by atoms with Gasteiger partial charge in [-0.15, -0.1) is 11.3 Å². The van der Waals surface area contributed by atoms with Crippen molar-refractivity contribution in [1.82, 2.24) is 10.3 Å². The normalized spacial score (nSPS) is 25.1. The first-order chi connectivity index (χ1) is 7.74. The maximum atomic E-state index is 5.54. The van der Waals surface area contributed by atoms with Crippen LogP contribution in [0.4, 0.5) is 0 Å². The minimum atomic E-state index is -0.134. The number of aromatic nitrogens is 1. The van der Waals surface area contributed by atoms with Gasteiger partial charge in [0.2, 0.25) is 0 Å². The third-order valence-electron chi connectivity index (χ3n) is 2.92. The van der Waals surface area contributed by atoms with Gasteiger partial charge in [-0.2, -0.15) is 0 Å². The van der Waals surface area contributed by atoms with E-state index in [2.05, 4.69) is 15.7 Å². The summed E-state index contributed by atoms with van der Waals surface area (Å²) in [5, 5.41) is 6.59. The number of ether oxygens (including phenoxy) is 2. The molecule has 5 heteroatoms. The Bertz CT molecular complexity index is 334. The topological polar surface area (TPSA) is 43.4 Å². The number of hydrogen-bond acceptors (Lipinski definition) is 5. The van der Waals surface area contributed by atoms with Crippen LogP contribution in [-0.2, 0) is 16.0 Å². The van der Waals surface area contributed by atoms with Crippen LogP contribution in [-0.4, -0.2) is 37.5 Å². The van der Waals surface area contributed by atoms with Crippen molar-refractivity contribution in [3.8, 4) is 0 Å². The molecule has 1 aromatic rings. The number of methoxy groups -OCH3 is 1. The summed E-state index contributed by atoms with van der Waals surface area (Å²) in [5.41, 5.74) is 0.970. The number of rotatable bonds is 5. The van der Waals surface area contributed by atoms with Crippen LogP contribution < -0.4 is 5.32 Å². The molecule has 1 aliphatic rings. The fourth-order valence-corrected chi connectivity index (χ4v) is 2.48. The first kappa shape index (κ1) is 12.0. The van der Waals surface area contributed by atoms with E-state index in [1.165, 1.54) is 0 Å². The molecule has 1 fully saturated rings. The third kappa shape index (κ3) is 2.79. The number of thiazole rings is 1. The maximum absolute atomic E-state index is 5.54. The molecule has 1 aromatic heterocycles. The standard InChI is InChI=1S/C11H18N2O2S/c1-9-13-10(6-16-9)5-12-7-11(14-2)3-4-15-8-11/h6,12H,3-5,7-8H2,1-2H3. The highest BCUT2D eigenvalue weighted by Gasteiger charge is 2.34. The molecule has 0 aromatic carbocycles. The zero-order valence-corrected chi connectivity index (χ0v) is 10.6. The molecule has 1 unspecified atom stereocenters. The van der Waals surface area contributed by atoms with Crippen molar-refractivity contribution in [3.05, 3.63) is 16.1 Å². The molecule has 0 aliphatic carbocycles. The molecule has 0 bridgehead atoms. The van der Waals surface area contributed by atoms with E-state index in [1.54, 1.807) is 18.4 Å². The number of hydrogen-bond donors (Lipinski definition) is 1. The van der Waals surface area contributed by atoms with Crippen LogP contribution in [0.3, 0.4) is 0 Å². The Morgan fingerprint density at radius 1 is 1.69 bits per heavy atom. The van der Waals surface area contributed by atoms with Crippen LogP contribution in [0.5, 0.6) is 0 Å². The fourth-order valence-electron chi connectivity index (χ4n) is 1.87. The van der Waals surface area contributed by atoms with Crippen LogP contribution in [0.25, 0.3) is 0 Å². The molecule has 0 amide bonds. The van der Waals surface area contributed by atoms with Crippen molar-refractivity contribution < 1.29 is 9.47 Å². The van der Waals surface area contributed by atoms with E-state index in [-0.39, 0.29) is 5.60 Å². The molecule has 16 heavy (non-hydrogen) atoms. The molecule has 4 nitrogen and oxygen atoms in total. The molecule has 0 saturated carbocycles. The predicted molar refractivity (Wildman–Crippen MR) is 63.7 cm³/mol. The molecular weight excluding hydrogens is 224 g/mol. The van der Waals surface area contributed by atoms with E-state index in [0.717, 1.165) is 36.8 Å². The number of aryl methyl sites for hydroxylation is 1. The highest BCUT2D eigenvalue weighted by molar-refractivity contribution is 7.09. The largest absolute Gasteiger partial charge is 0.378 e. The minimum Gasteiger partial charge on any atom is -0.378 e. The quantitative estimate of drug-likeness (QED) is 0.846. The van der Waals surface area contributed by atoms with Crippen molar-refractivity contribution >= 4 is 11.3 Å². The number of nitrogens with one attached hydrogen (secondary N) is 1. The summed E-state index contributed by atoms with van der Waals surface area (Å²) in [6.45, 7) is 5.13. The van der Waals surface area contributed by atoms with E-state index < -0.39 is 0 Å². The van der Waals surface area contributed by atoms with E-state index in [0.29, 0.717) is 6.61 Å². The molecule has 1 aliphatic heterocycles. The summed E-state index contributed by atoms with van der Waals surface area (Å²) < 4.78 is 10.9. The Morgan fingerprint density at radius 2 is 2.56 bits per heavy atom.